The number of aliphatic hydroxyl groups excluding tert-OH is 2. The van der Waals surface area contributed by atoms with Gasteiger partial charge in [0.25, 0.3) is 0 Å². The Morgan fingerprint density at radius 2 is 1.35 bits per heavy atom. The highest BCUT2D eigenvalue weighted by Gasteiger charge is 2.28. The van der Waals surface area contributed by atoms with Crippen molar-refractivity contribution in [1.29, 1.82) is 0 Å². The van der Waals surface area contributed by atoms with E-state index in [9.17, 15) is 19.8 Å². The molecule has 1 unspecified atom stereocenters. The highest BCUT2D eigenvalue weighted by atomic mass is 16.5. The molecule has 0 saturated heterocycles. The second-order valence-electron chi connectivity index (χ2n) is 16.6. The minimum atomic E-state index is -0.635. The van der Waals surface area contributed by atoms with E-state index in [-0.39, 0.29) is 32.3 Å². The summed E-state index contributed by atoms with van der Waals surface area (Å²) in [7, 11) is 0. The first-order valence-corrected chi connectivity index (χ1v) is 22.2. The van der Waals surface area contributed by atoms with Crippen LogP contribution in [-0.4, -0.2) is 55.2 Å². The first-order chi connectivity index (χ1) is 29.0. The van der Waals surface area contributed by atoms with E-state index in [0.717, 1.165) is 53.7 Å². The van der Waals surface area contributed by atoms with E-state index in [1.165, 1.54) is 47.1 Å². The maximum absolute atomic E-state index is 12.2. The van der Waals surface area contributed by atoms with Gasteiger partial charge in [0, 0.05) is 22.5 Å². The third-order valence-electron chi connectivity index (χ3n) is 11.6. The predicted molar refractivity (Wildman–Crippen MR) is 245 cm³/mol. The van der Waals surface area contributed by atoms with Gasteiger partial charge in [0.1, 0.15) is 5.75 Å². The molecular formula is C53H70O7. The number of carbonyl (C=O) groups is 2. The molecule has 1 aliphatic carbocycles. The maximum atomic E-state index is 12.2. The van der Waals surface area contributed by atoms with Gasteiger partial charge in [-0.1, -0.05) is 114 Å². The number of carbonyl (C=O) groups excluding carboxylic acids is 2. The van der Waals surface area contributed by atoms with Gasteiger partial charge >= 0.3 is 11.9 Å². The number of allylic oxidation sites excluding steroid dienone is 4. The Hall–Kier alpha value is -4.72. The summed E-state index contributed by atoms with van der Waals surface area (Å²) in [4.78, 5) is 24.4. The fraction of sp³-hybridized carbons (Fsp3) is 0.472. The van der Waals surface area contributed by atoms with Crippen molar-refractivity contribution in [3.05, 3.63) is 131 Å². The Balaban J connectivity index is 1.65. The van der Waals surface area contributed by atoms with E-state index < -0.39 is 17.4 Å². The molecule has 0 spiro atoms. The van der Waals surface area contributed by atoms with Crippen LogP contribution in [0.4, 0.5) is 0 Å². The van der Waals surface area contributed by atoms with Crippen molar-refractivity contribution in [2.45, 2.75) is 124 Å². The van der Waals surface area contributed by atoms with E-state index >= 15 is 0 Å². The van der Waals surface area contributed by atoms with Crippen LogP contribution in [-0.2, 0) is 44.7 Å². The molecule has 0 aromatic heterocycles. The van der Waals surface area contributed by atoms with Gasteiger partial charge in [-0.25, -0.2) is 9.59 Å². The number of hydrogen-bond donors (Lipinski definition) is 2. The van der Waals surface area contributed by atoms with Crippen molar-refractivity contribution in [3.63, 3.8) is 0 Å². The molecule has 3 aromatic carbocycles. The lowest BCUT2D eigenvalue weighted by Crippen LogP contribution is -2.31. The summed E-state index contributed by atoms with van der Waals surface area (Å²) >= 11 is 0. The molecule has 0 fully saturated rings. The maximum Gasteiger partial charge on any atom is 0.333 e. The molecule has 0 heterocycles. The Morgan fingerprint density at radius 1 is 0.717 bits per heavy atom. The summed E-state index contributed by atoms with van der Waals surface area (Å²) in [5.74, 6) is 0.201. The molecule has 4 rings (SSSR count). The summed E-state index contributed by atoms with van der Waals surface area (Å²) < 4.78 is 17.6. The van der Waals surface area contributed by atoms with E-state index in [2.05, 4.69) is 99.8 Å². The molecule has 2 N–H and O–H groups in total. The molecule has 3 aromatic rings. The number of aryl methyl sites for hydroxylation is 4. The average molecular weight is 819 g/mol. The van der Waals surface area contributed by atoms with Crippen molar-refractivity contribution in [1.82, 2.24) is 0 Å². The Labute approximate surface area is 360 Å². The van der Waals surface area contributed by atoms with Crippen LogP contribution in [0.5, 0.6) is 5.75 Å². The molecule has 7 nitrogen and oxygen atoms in total. The van der Waals surface area contributed by atoms with Gasteiger partial charge in [-0.3, -0.25) is 0 Å². The molecule has 0 saturated carbocycles. The molecule has 324 valence electrons. The van der Waals surface area contributed by atoms with Crippen LogP contribution in [0.2, 0.25) is 0 Å². The summed E-state index contributed by atoms with van der Waals surface area (Å²) in [5, 5.41) is 20.5. The SMILES string of the molecule is C=C(C)C(=O)OCCCc1cc(-c2ccc(C3C=CC(c4ccc(CCCCC)cc4)=CC3)cc2CC)cc(CCCOC(=O)C(=C)C)c1OCCC(CO)(CO)CCC. The van der Waals surface area contributed by atoms with Gasteiger partial charge in [0.15, 0.2) is 0 Å². The Bertz CT molecular complexity index is 1890. The topological polar surface area (TPSA) is 102 Å². The first kappa shape index (κ1) is 48.0. The second kappa shape index (κ2) is 24.5. The van der Waals surface area contributed by atoms with Gasteiger partial charge in [-0.05, 0) is 140 Å². The van der Waals surface area contributed by atoms with Crippen LogP contribution >= 0.6 is 0 Å². The third kappa shape index (κ3) is 13.9. The lowest BCUT2D eigenvalue weighted by molar-refractivity contribution is -0.139. The zero-order chi connectivity index (χ0) is 43.5. The second-order valence-corrected chi connectivity index (χ2v) is 16.6. The Kier molecular flexibility index (Phi) is 19.6. The lowest BCUT2D eigenvalue weighted by Gasteiger charge is -2.30. The number of esters is 2. The van der Waals surface area contributed by atoms with E-state index in [1.54, 1.807) is 13.8 Å². The van der Waals surface area contributed by atoms with E-state index in [0.29, 0.717) is 56.3 Å². The summed E-state index contributed by atoms with van der Waals surface area (Å²) in [6, 6.07) is 20.3. The summed E-state index contributed by atoms with van der Waals surface area (Å²) in [6.07, 6.45) is 18.0. The monoisotopic (exact) mass is 819 g/mol. The average Bonchev–Trinajstić information content (AvgIpc) is 3.26. The molecule has 0 radical (unpaired) electrons. The van der Waals surface area contributed by atoms with Crippen molar-refractivity contribution >= 4 is 17.5 Å². The van der Waals surface area contributed by atoms with Gasteiger partial charge in [0.05, 0.1) is 33.0 Å². The number of hydrogen-bond acceptors (Lipinski definition) is 7. The molecule has 0 aliphatic heterocycles. The molecule has 0 amide bonds. The third-order valence-corrected chi connectivity index (χ3v) is 11.6. The summed E-state index contributed by atoms with van der Waals surface area (Å²) in [5.41, 5.74) is 10.7. The largest absolute Gasteiger partial charge is 0.493 e. The first-order valence-electron chi connectivity index (χ1n) is 22.2. The molecule has 1 aliphatic rings. The lowest BCUT2D eigenvalue weighted by atomic mass is 9.82. The smallest absolute Gasteiger partial charge is 0.333 e. The minimum absolute atomic E-state index is 0.127. The molecule has 60 heavy (non-hydrogen) atoms. The number of unbranched alkanes of at least 4 members (excludes halogenated alkanes) is 2. The molecule has 0 bridgehead atoms. The van der Waals surface area contributed by atoms with Gasteiger partial charge in [0.2, 0.25) is 0 Å². The van der Waals surface area contributed by atoms with Crippen LogP contribution in [0.3, 0.4) is 0 Å². The fourth-order valence-electron chi connectivity index (χ4n) is 7.90. The standard InChI is InChI=1S/C53H70O7/c1-8-11-12-15-40-18-20-42(21-19-40)43-22-24-44(25-23-43)45-26-27-49(41(10-3)33-45)48-34-46(16-13-30-59-51(56)38(4)5)50(58-32-29-53(36-54,37-55)28-9-2)47(35-48)17-14-31-60-52(57)39(6)7/h18-24,26-27,33-35,44,54-55H,4,6,8-17,25,28-32,36-37H2,1-3,5,7H3. The van der Waals surface area contributed by atoms with Crippen LogP contribution in [0, 0.1) is 5.41 Å². The number of rotatable bonds is 26. The molecular weight excluding hydrogens is 749 g/mol. The van der Waals surface area contributed by atoms with Crippen LogP contribution in [0.15, 0.2) is 97.1 Å². The van der Waals surface area contributed by atoms with Gasteiger partial charge < -0.3 is 24.4 Å². The van der Waals surface area contributed by atoms with Gasteiger partial charge in [-0.2, -0.15) is 0 Å². The van der Waals surface area contributed by atoms with Crippen molar-refractivity contribution in [3.8, 4) is 16.9 Å². The normalized spacial score (nSPS) is 13.8. The summed E-state index contributed by atoms with van der Waals surface area (Å²) in [6.45, 7) is 17.7. The van der Waals surface area contributed by atoms with E-state index in [1.807, 2.05) is 6.92 Å². The Morgan fingerprint density at radius 3 is 1.87 bits per heavy atom. The van der Waals surface area contributed by atoms with Crippen molar-refractivity contribution in [2.24, 2.45) is 5.41 Å². The zero-order valence-corrected chi connectivity index (χ0v) is 37.1. The van der Waals surface area contributed by atoms with Crippen molar-refractivity contribution in [2.75, 3.05) is 33.0 Å². The number of ether oxygens (including phenoxy) is 3. The van der Waals surface area contributed by atoms with E-state index in [4.69, 9.17) is 14.2 Å². The van der Waals surface area contributed by atoms with Crippen molar-refractivity contribution < 1.29 is 34.0 Å². The zero-order valence-electron chi connectivity index (χ0n) is 37.1. The molecule has 1 atom stereocenters. The fourth-order valence-corrected chi connectivity index (χ4v) is 7.90. The quantitative estimate of drug-likeness (QED) is 0.0472. The highest BCUT2D eigenvalue weighted by molar-refractivity contribution is 5.87. The van der Waals surface area contributed by atoms with Crippen LogP contribution in [0.1, 0.15) is 132 Å². The number of aliphatic hydroxyl groups is 2. The predicted octanol–water partition coefficient (Wildman–Crippen LogP) is 11.4. The molecule has 7 heteroatoms. The van der Waals surface area contributed by atoms with Gasteiger partial charge in [-0.15, -0.1) is 0 Å². The highest BCUT2D eigenvalue weighted by Crippen LogP contribution is 2.38. The minimum Gasteiger partial charge on any atom is -0.493 e. The van der Waals surface area contributed by atoms with Crippen LogP contribution < -0.4 is 4.74 Å². The van der Waals surface area contributed by atoms with Crippen LogP contribution in [0.25, 0.3) is 16.7 Å². The number of benzene rings is 3.